The van der Waals surface area contributed by atoms with Crippen LogP contribution in [-0.2, 0) is 6.54 Å². The summed E-state index contributed by atoms with van der Waals surface area (Å²) in [5, 5.41) is 10.7. The van der Waals surface area contributed by atoms with Crippen molar-refractivity contribution in [1.29, 1.82) is 5.26 Å². The van der Waals surface area contributed by atoms with Crippen molar-refractivity contribution in [3.05, 3.63) is 52.7 Å². The van der Waals surface area contributed by atoms with Gasteiger partial charge in [0, 0.05) is 32.7 Å². The van der Waals surface area contributed by atoms with E-state index >= 15 is 0 Å². The van der Waals surface area contributed by atoms with E-state index in [0.717, 1.165) is 54.2 Å². The molecule has 2 aromatic rings. The number of piperazine rings is 1. The Morgan fingerprint density at radius 1 is 1.17 bits per heavy atom. The van der Waals surface area contributed by atoms with Crippen molar-refractivity contribution in [1.82, 2.24) is 9.88 Å². The minimum absolute atomic E-state index is 0.648. The molecule has 0 amide bonds. The molecule has 0 N–H and O–H groups in total. The highest BCUT2D eigenvalue weighted by Gasteiger charge is 2.19. The van der Waals surface area contributed by atoms with Crippen LogP contribution in [0.5, 0.6) is 0 Å². The smallest absolute Gasteiger partial charge is 0.114 e. The van der Waals surface area contributed by atoms with Crippen molar-refractivity contribution in [2.75, 3.05) is 37.3 Å². The molecular weight excluding hydrogens is 340 g/mol. The van der Waals surface area contributed by atoms with Gasteiger partial charge in [0.1, 0.15) is 11.1 Å². The molecule has 3 rings (SSSR count). The molecule has 0 aliphatic carbocycles. The molecule has 0 radical (unpaired) electrons. The average molecular weight is 359 g/mol. The first-order chi connectivity index (χ1) is 11.7. The number of hydrogen-bond donors (Lipinski definition) is 0. The maximum Gasteiger partial charge on any atom is 0.114 e. The molecule has 4 nitrogen and oxygen atoms in total. The zero-order valence-corrected chi connectivity index (χ0v) is 15.1. The van der Waals surface area contributed by atoms with Crippen LogP contribution in [0.2, 0.25) is 5.02 Å². The lowest BCUT2D eigenvalue weighted by molar-refractivity contribution is 0.246. The first kappa shape index (κ1) is 17.1. The number of anilines is 1. The Balaban J connectivity index is 1.62. The van der Waals surface area contributed by atoms with Crippen molar-refractivity contribution < 1.29 is 0 Å². The number of benzene rings is 1. The van der Waals surface area contributed by atoms with Crippen LogP contribution in [0.3, 0.4) is 0 Å². The van der Waals surface area contributed by atoms with Gasteiger partial charge in [0.15, 0.2) is 0 Å². The van der Waals surface area contributed by atoms with Gasteiger partial charge in [0.2, 0.25) is 0 Å². The number of para-hydroxylation sites is 1. The molecule has 1 aliphatic heterocycles. The van der Waals surface area contributed by atoms with Crippen LogP contribution in [0.4, 0.5) is 5.69 Å². The van der Waals surface area contributed by atoms with E-state index in [1.165, 1.54) is 11.8 Å². The zero-order valence-electron chi connectivity index (χ0n) is 13.6. The molecule has 1 aromatic heterocycles. The molecule has 1 saturated heterocycles. The Hall–Kier alpha value is -1.74. The summed E-state index contributed by atoms with van der Waals surface area (Å²) in [6, 6.07) is 14.0. The molecule has 0 spiro atoms. The summed E-state index contributed by atoms with van der Waals surface area (Å²) < 4.78 is 0. The molecule has 24 heavy (non-hydrogen) atoms. The van der Waals surface area contributed by atoms with Crippen LogP contribution < -0.4 is 4.90 Å². The largest absolute Gasteiger partial charge is 0.368 e. The van der Waals surface area contributed by atoms with Crippen LogP contribution in [0.1, 0.15) is 11.3 Å². The molecule has 0 bridgehead atoms. The highest BCUT2D eigenvalue weighted by Crippen LogP contribution is 2.26. The molecular formula is C18H19ClN4S. The summed E-state index contributed by atoms with van der Waals surface area (Å²) in [4.78, 5) is 9.34. The quantitative estimate of drug-likeness (QED) is 0.780. The van der Waals surface area contributed by atoms with Gasteiger partial charge >= 0.3 is 0 Å². The second kappa shape index (κ2) is 7.89. The van der Waals surface area contributed by atoms with Crippen LogP contribution in [0.25, 0.3) is 0 Å². The van der Waals surface area contributed by atoms with Crippen molar-refractivity contribution >= 4 is 29.1 Å². The van der Waals surface area contributed by atoms with E-state index in [0.29, 0.717) is 5.56 Å². The Kier molecular flexibility index (Phi) is 5.62. The van der Waals surface area contributed by atoms with E-state index in [4.69, 9.17) is 16.9 Å². The lowest BCUT2D eigenvalue weighted by atomic mass is 10.2. The fourth-order valence-electron chi connectivity index (χ4n) is 2.89. The molecule has 6 heteroatoms. The third-order valence-electron chi connectivity index (χ3n) is 4.18. The Bertz CT molecular complexity index is 751. The van der Waals surface area contributed by atoms with Crippen molar-refractivity contribution in [3.63, 3.8) is 0 Å². The van der Waals surface area contributed by atoms with Crippen molar-refractivity contribution in [2.24, 2.45) is 0 Å². The topological polar surface area (TPSA) is 43.2 Å². The fraction of sp³-hybridized carbons (Fsp3) is 0.333. The summed E-state index contributed by atoms with van der Waals surface area (Å²) in [5.41, 5.74) is 2.78. The predicted molar refractivity (Wildman–Crippen MR) is 99.7 cm³/mol. The number of pyridine rings is 1. The maximum absolute atomic E-state index is 9.09. The third kappa shape index (κ3) is 3.84. The first-order valence-electron chi connectivity index (χ1n) is 7.87. The van der Waals surface area contributed by atoms with Gasteiger partial charge in [-0.25, -0.2) is 4.98 Å². The molecule has 1 aromatic carbocycles. The van der Waals surface area contributed by atoms with Gasteiger partial charge in [-0.2, -0.15) is 5.26 Å². The van der Waals surface area contributed by atoms with Gasteiger partial charge in [0.25, 0.3) is 0 Å². The molecule has 2 heterocycles. The first-order valence-corrected chi connectivity index (χ1v) is 9.47. The monoisotopic (exact) mass is 358 g/mol. The van der Waals surface area contributed by atoms with E-state index < -0.39 is 0 Å². The van der Waals surface area contributed by atoms with E-state index in [9.17, 15) is 0 Å². The van der Waals surface area contributed by atoms with E-state index in [1.807, 2.05) is 36.6 Å². The number of halogens is 1. The second-order valence-corrected chi connectivity index (χ2v) is 6.89. The molecule has 124 valence electrons. The van der Waals surface area contributed by atoms with Crippen LogP contribution in [0, 0.1) is 11.3 Å². The Labute approximate surface area is 152 Å². The standard InChI is InChI=1S/C18H19ClN4S/c1-24-18-14(12-20)6-7-15(21-18)13-22-8-10-23(11-9-22)17-5-3-2-4-16(17)19/h2-7H,8-11,13H2,1H3. The minimum atomic E-state index is 0.648. The van der Waals surface area contributed by atoms with Crippen molar-refractivity contribution in [3.8, 4) is 6.07 Å². The van der Waals surface area contributed by atoms with Crippen LogP contribution in [-0.4, -0.2) is 42.3 Å². The zero-order chi connectivity index (χ0) is 16.9. The Morgan fingerprint density at radius 3 is 2.58 bits per heavy atom. The normalized spacial score (nSPS) is 15.3. The van der Waals surface area contributed by atoms with Gasteiger partial charge < -0.3 is 4.90 Å². The third-order valence-corrected chi connectivity index (χ3v) is 5.20. The summed E-state index contributed by atoms with van der Waals surface area (Å²) in [5.74, 6) is 0. The number of hydrogen-bond acceptors (Lipinski definition) is 5. The molecule has 1 fully saturated rings. The van der Waals surface area contributed by atoms with E-state index in [2.05, 4.69) is 26.9 Å². The molecule has 0 unspecified atom stereocenters. The number of nitriles is 1. The predicted octanol–water partition coefficient (Wildman–Crippen LogP) is 3.65. The van der Waals surface area contributed by atoms with Gasteiger partial charge in [0.05, 0.1) is 22.0 Å². The lowest BCUT2D eigenvalue weighted by Crippen LogP contribution is -2.46. The molecule has 0 atom stereocenters. The SMILES string of the molecule is CSc1nc(CN2CCN(c3ccccc3Cl)CC2)ccc1C#N. The lowest BCUT2D eigenvalue weighted by Gasteiger charge is -2.36. The average Bonchev–Trinajstić information content (AvgIpc) is 2.63. The number of nitrogens with zero attached hydrogens (tertiary/aromatic N) is 4. The second-order valence-electron chi connectivity index (χ2n) is 5.69. The van der Waals surface area contributed by atoms with Crippen LogP contribution >= 0.6 is 23.4 Å². The van der Waals surface area contributed by atoms with Gasteiger partial charge in [-0.15, -0.1) is 11.8 Å². The van der Waals surface area contributed by atoms with Gasteiger partial charge in [-0.05, 0) is 30.5 Å². The van der Waals surface area contributed by atoms with Gasteiger partial charge in [-0.3, -0.25) is 4.90 Å². The maximum atomic E-state index is 9.09. The van der Waals surface area contributed by atoms with Gasteiger partial charge in [-0.1, -0.05) is 23.7 Å². The summed E-state index contributed by atoms with van der Waals surface area (Å²) in [6.45, 7) is 4.67. The Morgan fingerprint density at radius 2 is 1.92 bits per heavy atom. The summed E-state index contributed by atoms with van der Waals surface area (Å²) in [6.07, 6.45) is 1.95. The van der Waals surface area contributed by atoms with E-state index in [-0.39, 0.29) is 0 Å². The number of rotatable bonds is 4. The van der Waals surface area contributed by atoms with E-state index in [1.54, 1.807) is 0 Å². The summed E-state index contributed by atoms with van der Waals surface area (Å²) in [7, 11) is 0. The highest BCUT2D eigenvalue weighted by molar-refractivity contribution is 7.98. The highest BCUT2D eigenvalue weighted by atomic mass is 35.5. The molecule has 0 saturated carbocycles. The number of aromatic nitrogens is 1. The summed E-state index contributed by atoms with van der Waals surface area (Å²) >= 11 is 7.81. The minimum Gasteiger partial charge on any atom is -0.368 e. The van der Waals surface area contributed by atoms with Crippen LogP contribution in [0.15, 0.2) is 41.4 Å². The number of thioether (sulfide) groups is 1. The molecule has 1 aliphatic rings. The van der Waals surface area contributed by atoms with Crippen molar-refractivity contribution in [2.45, 2.75) is 11.6 Å². The fourth-order valence-corrected chi connectivity index (χ4v) is 3.69.